The van der Waals surface area contributed by atoms with Crippen LogP contribution in [0.25, 0.3) is 0 Å². The number of carboxylic acids is 1. The second-order valence-electron chi connectivity index (χ2n) is 12.0. The van der Waals surface area contributed by atoms with Crippen molar-refractivity contribution in [3.05, 3.63) is 71.1 Å². The summed E-state index contributed by atoms with van der Waals surface area (Å²) >= 11 is 0. The van der Waals surface area contributed by atoms with Crippen LogP contribution in [0.3, 0.4) is 0 Å². The Labute approximate surface area is 247 Å². The highest BCUT2D eigenvalue weighted by Crippen LogP contribution is 2.40. The molecule has 1 aliphatic heterocycles. The number of benzene rings is 1. The molecule has 2 amide bonds. The van der Waals surface area contributed by atoms with Gasteiger partial charge < -0.3 is 19.9 Å². The van der Waals surface area contributed by atoms with Crippen molar-refractivity contribution in [2.75, 3.05) is 32.7 Å². The Kier molecular flexibility index (Phi) is 9.56. The molecule has 226 valence electrons. The molecule has 2 aliphatic rings. The molecule has 2 aromatic rings. The van der Waals surface area contributed by atoms with Crippen molar-refractivity contribution in [1.82, 2.24) is 20.1 Å². The average Bonchev–Trinajstić information content (AvgIpc) is 3.77. The number of ether oxygens (including phenoxy) is 2. The number of aromatic carboxylic acids is 1. The number of hydrogen-bond donors (Lipinski definition) is 2. The molecule has 0 unspecified atom stereocenters. The van der Waals surface area contributed by atoms with Crippen LogP contribution in [0.15, 0.2) is 43.1 Å². The number of carbonyl (C=O) groups is 3. The molecule has 42 heavy (non-hydrogen) atoms. The SMILES string of the molecule is C=C[C@@H]1CN(C[C@@H](Oc2cc(C)c(C(=O)O)cc2C(=O)NCC)c2ccc(C3CC3)cn2)CCN1C(=O)OC(C)(C)C. The quantitative estimate of drug-likeness (QED) is 0.380. The summed E-state index contributed by atoms with van der Waals surface area (Å²) in [6.07, 6.45) is 5.02. The zero-order valence-corrected chi connectivity index (χ0v) is 25.2. The Balaban J connectivity index is 1.62. The van der Waals surface area contributed by atoms with Gasteiger partial charge in [-0.05, 0) is 82.7 Å². The van der Waals surface area contributed by atoms with Gasteiger partial charge >= 0.3 is 12.1 Å². The number of carboxylic acid groups (broad SMARTS) is 1. The first-order chi connectivity index (χ1) is 19.9. The number of aromatic nitrogens is 1. The fourth-order valence-corrected chi connectivity index (χ4v) is 5.07. The van der Waals surface area contributed by atoms with Crippen LogP contribution >= 0.6 is 0 Å². The maximum Gasteiger partial charge on any atom is 0.410 e. The maximum absolute atomic E-state index is 13.0. The number of nitrogens with zero attached hydrogens (tertiary/aromatic N) is 3. The highest BCUT2D eigenvalue weighted by molar-refractivity contribution is 6.00. The van der Waals surface area contributed by atoms with E-state index in [9.17, 15) is 19.5 Å². The van der Waals surface area contributed by atoms with E-state index in [0.29, 0.717) is 49.9 Å². The molecule has 4 rings (SSSR count). The summed E-state index contributed by atoms with van der Waals surface area (Å²) in [6, 6.07) is 6.75. The van der Waals surface area contributed by atoms with Crippen molar-refractivity contribution in [2.45, 2.75) is 71.1 Å². The second-order valence-corrected chi connectivity index (χ2v) is 12.0. The molecule has 1 saturated carbocycles. The molecule has 0 bridgehead atoms. The summed E-state index contributed by atoms with van der Waals surface area (Å²) in [5, 5.41) is 12.4. The number of aryl methyl sites for hydroxylation is 1. The Morgan fingerprint density at radius 1 is 1.19 bits per heavy atom. The minimum atomic E-state index is -1.11. The summed E-state index contributed by atoms with van der Waals surface area (Å²) in [4.78, 5) is 46.3. The number of amides is 2. The zero-order chi connectivity index (χ0) is 30.6. The topological polar surface area (TPSA) is 121 Å². The summed E-state index contributed by atoms with van der Waals surface area (Å²) in [5.74, 6) is -0.690. The van der Waals surface area contributed by atoms with Crippen molar-refractivity contribution in [3.8, 4) is 5.75 Å². The van der Waals surface area contributed by atoms with E-state index in [0.717, 1.165) is 12.8 Å². The first-order valence-electron chi connectivity index (χ1n) is 14.5. The fourth-order valence-electron chi connectivity index (χ4n) is 5.07. The van der Waals surface area contributed by atoms with E-state index in [1.54, 1.807) is 30.9 Å². The minimum Gasteiger partial charge on any atom is -0.482 e. The van der Waals surface area contributed by atoms with E-state index in [1.165, 1.54) is 11.6 Å². The van der Waals surface area contributed by atoms with E-state index in [4.69, 9.17) is 14.5 Å². The van der Waals surface area contributed by atoms with Gasteiger partial charge in [0.15, 0.2) is 6.10 Å². The van der Waals surface area contributed by atoms with Crippen molar-refractivity contribution in [3.63, 3.8) is 0 Å². The molecule has 0 radical (unpaired) electrons. The van der Waals surface area contributed by atoms with Crippen LogP contribution in [0, 0.1) is 6.92 Å². The third kappa shape index (κ3) is 7.67. The number of pyridine rings is 1. The molecule has 1 aromatic carbocycles. The Morgan fingerprint density at radius 3 is 2.50 bits per heavy atom. The van der Waals surface area contributed by atoms with Crippen LogP contribution in [-0.4, -0.2) is 82.2 Å². The fraction of sp³-hybridized carbons (Fsp3) is 0.500. The lowest BCUT2D eigenvalue weighted by molar-refractivity contribution is 0.00110. The normalized spacial score (nSPS) is 18.2. The lowest BCUT2D eigenvalue weighted by atomic mass is 10.0. The number of rotatable bonds is 10. The predicted molar refractivity (Wildman–Crippen MR) is 159 cm³/mol. The molecule has 1 aromatic heterocycles. The Bertz CT molecular complexity index is 1320. The van der Waals surface area contributed by atoms with Crippen molar-refractivity contribution >= 4 is 18.0 Å². The van der Waals surface area contributed by atoms with E-state index < -0.39 is 23.6 Å². The summed E-state index contributed by atoms with van der Waals surface area (Å²) in [5.41, 5.74) is 1.97. The average molecular weight is 579 g/mol. The molecular formula is C32H42N4O6. The predicted octanol–water partition coefficient (Wildman–Crippen LogP) is 4.94. The molecule has 2 N–H and O–H groups in total. The van der Waals surface area contributed by atoms with Gasteiger partial charge in [-0.1, -0.05) is 12.1 Å². The largest absolute Gasteiger partial charge is 0.482 e. The molecule has 1 aliphatic carbocycles. The van der Waals surface area contributed by atoms with Crippen molar-refractivity contribution < 1.29 is 29.0 Å². The van der Waals surface area contributed by atoms with E-state index in [2.05, 4.69) is 22.9 Å². The number of piperazine rings is 1. The van der Waals surface area contributed by atoms with Crippen LogP contribution in [-0.2, 0) is 4.74 Å². The van der Waals surface area contributed by atoms with Crippen LogP contribution in [0.5, 0.6) is 5.75 Å². The van der Waals surface area contributed by atoms with Crippen LogP contribution in [0.4, 0.5) is 4.79 Å². The third-order valence-corrected chi connectivity index (χ3v) is 7.42. The maximum atomic E-state index is 13.0. The van der Waals surface area contributed by atoms with Crippen LogP contribution < -0.4 is 10.1 Å². The third-order valence-electron chi connectivity index (χ3n) is 7.42. The van der Waals surface area contributed by atoms with E-state index in [1.807, 2.05) is 33.0 Å². The van der Waals surface area contributed by atoms with Gasteiger partial charge in [-0.3, -0.25) is 19.6 Å². The Hall–Kier alpha value is -3.92. The van der Waals surface area contributed by atoms with Gasteiger partial charge in [-0.25, -0.2) is 9.59 Å². The summed E-state index contributed by atoms with van der Waals surface area (Å²) < 4.78 is 12.2. The Morgan fingerprint density at radius 2 is 1.93 bits per heavy atom. The van der Waals surface area contributed by atoms with Gasteiger partial charge in [0.1, 0.15) is 11.4 Å². The highest BCUT2D eigenvalue weighted by atomic mass is 16.6. The molecular weight excluding hydrogens is 536 g/mol. The smallest absolute Gasteiger partial charge is 0.410 e. The standard InChI is InChI=1S/C32H42N4O6/c1-7-23-18-35(13-14-36(23)31(40)42-32(4,5)6)19-28(26-12-11-22(17-34-26)21-9-10-21)41-27-15-20(3)24(30(38)39)16-25(27)29(37)33-8-2/h7,11-12,15-17,21,23,28H,1,8-10,13-14,18-19H2,2-6H3,(H,33,37)(H,38,39)/t23-,28-/m1/s1. The first-order valence-corrected chi connectivity index (χ1v) is 14.5. The van der Waals surface area contributed by atoms with Crippen molar-refractivity contribution in [2.24, 2.45) is 0 Å². The van der Waals surface area contributed by atoms with Gasteiger partial charge in [-0.15, -0.1) is 6.58 Å². The second kappa shape index (κ2) is 12.9. The van der Waals surface area contributed by atoms with Gasteiger partial charge in [-0.2, -0.15) is 0 Å². The molecule has 2 heterocycles. The summed E-state index contributed by atoms with van der Waals surface area (Å²) in [6.45, 7) is 15.3. The van der Waals surface area contributed by atoms with Crippen LogP contribution in [0.1, 0.15) is 90.1 Å². The monoisotopic (exact) mass is 578 g/mol. The highest BCUT2D eigenvalue weighted by Gasteiger charge is 2.34. The number of nitrogens with one attached hydrogen (secondary N) is 1. The van der Waals surface area contributed by atoms with E-state index >= 15 is 0 Å². The molecule has 10 nitrogen and oxygen atoms in total. The van der Waals surface area contributed by atoms with Gasteiger partial charge in [0.05, 0.1) is 22.9 Å². The number of carbonyl (C=O) groups excluding carboxylic acids is 2. The molecule has 0 spiro atoms. The minimum absolute atomic E-state index is 0.0409. The first kappa shape index (κ1) is 31.0. The van der Waals surface area contributed by atoms with E-state index in [-0.39, 0.29) is 29.0 Å². The van der Waals surface area contributed by atoms with Gasteiger partial charge in [0.2, 0.25) is 0 Å². The molecule has 2 fully saturated rings. The summed E-state index contributed by atoms with van der Waals surface area (Å²) in [7, 11) is 0. The lowest BCUT2D eigenvalue weighted by Crippen LogP contribution is -2.56. The number of hydrogen-bond acceptors (Lipinski definition) is 7. The molecule has 1 saturated heterocycles. The van der Waals surface area contributed by atoms with Gasteiger partial charge in [0.25, 0.3) is 5.91 Å². The van der Waals surface area contributed by atoms with Crippen molar-refractivity contribution in [1.29, 1.82) is 0 Å². The molecule has 2 atom stereocenters. The lowest BCUT2D eigenvalue weighted by Gasteiger charge is -2.41. The molecule has 10 heteroatoms. The van der Waals surface area contributed by atoms with Gasteiger partial charge in [0, 0.05) is 38.9 Å². The zero-order valence-electron chi connectivity index (χ0n) is 25.2. The van der Waals surface area contributed by atoms with Crippen LogP contribution in [0.2, 0.25) is 0 Å².